The summed E-state index contributed by atoms with van der Waals surface area (Å²) in [5.41, 5.74) is 0.570. The van der Waals surface area contributed by atoms with Gasteiger partial charge in [0.05, 0.1) is 25.9 Å². The van der Waals surface area contributed by atoms with Crippen molar-refractivity contribution in [2.75, 3.05) is 13.4 Å². The molecule has 0 N–H and O–H groups in total. The number of benzene rings is 1. The molecule has 1 saturated carbocycles. The Hall–Kier alpha value is -1.38. The topological polar surface area (TPSA) is 86.7 Å². The fourth-order valence-electron chi connectivity index (χ4n) is 2.92. The van der Waals surface area contributed by atoms with Gasteiger partial charge >= 0.3 is 5.97 Å². The van der Waals surface area contributed by atoms with Crippen LogP contribution in [0.15, 0.2) is 29.2 Å². The molecular formula is C18H24O6S2. The number of methoxy groups -OCH3 is 1. The van der Waals surface area contributed by atoms with E-state index in [0.29, 0.717) is 12.0 Å². The van der Waals surface area contributed by atoms with Gasteiger partial charge in [0.1, 0.15) is 0 Å². The average molecular weight is 401 g/mol. The summed E-state index contributed by atoms with van der Waals surface area (Å²) >= 11 is 1.68. The number of Topliss-reactive ketones (excluding diaryl/α,β-unsaturated/α-hetero) is 1. The predicted octanol–water partition coefficient (Wildman–Crippen LogP) is 3.20. The first kappa shape index (κ1) is 20.9. The number of carbonyl (C=O) groups excluding carboxylic acids is 2. The van der Waals surface area contributed by atoms with Crippen LogP contribution in [-0.2, 0) is 23.8 Å². The molecule has 2 atom stereocenters. The molecule has 0 heterocycles. The third-order valence-electron chi connectivity index (χ3n) is 4.15. The zero-order valence-electron chi connectivity index (χ0n) is 15.0. The van der Waals surface area contributed by atoms with Gasteiger partial charge in [-0.2, -0.15) is 8.42 Å². The molecule has 0 spiro atoms. The summed E-state index contributed by atoms with van der Waals surface area (Å²) in [6.45, 7) is 0. The molecule has 1 aliphatic rings. The lowest BCUT2D eigenvalue weighted by Gasteiger charge is -2.27. The highest BCUT2D eigenvalue weighted by atomic mass is 32.2. The minimum absolute atomic E-state index is 0.0790. The summed E-state index contributed by atoms with van der Waals surface area (Å²) < 4.78 is 32.2. The Morgan fingerprint density at radius 3 is 2.46 bits per heavy atom. The molecule has 1 aliphatic carbocycles. The van der Waals surface area contributed by atoms with Crippen LogP contribution in [-0.4, -0.2) is 44.9 Å². The highest BCUT2D eigenvalue weighted by molar-refractivity contribution is 8.00. The number of ether oxygens (including phenoxy) is 1. The maximum atomic E-state index is 12.1. The number of ketones is 1. The fraction of sp³-hybridized carbons (Fsp3) is 0.556. The van der Waals surface area contributed by atoms with Crippen molar-refractivity contribution in [1.82, 2.24) is 0 Å². The van der Waals surface area contributed by atoms with Gasteiger partial charge in [0, 0.05) is 22.1 Å². The van der Waals surface area contributed by atoms with Crippen LogP contribution in [0, 0.1) is 0 Å². The van der Waals surface area contributed by atoms with Gasteiger partial charge in [0.15, 0.2) is 5.78 Å². The Morgan fingerprint density at radius 2 is 1.85 bits per heavy atom. The Kier molecular flexibility index (Phi) is 7.67. The molecule has 26 heavy (non-hydrogen) atoms. The second kappa shape index (κ2) is 9.53. The average Bonchev–Trinajstić information content (AvgIpc) is 2.58. The molecule has 0 saturated heterocycles. The van der Waals surface area contributed by atoms with Gasteiger partial charge < -0.3 is 4.74 Å². The van der Waals surface area contributed by atoms with Gasteiger partial charge in [0.2, 0.25) is 0 Å². The lowest BCUT2D eigenvalue weighted by atomic mass is 9.97. The zero-order valence-corrected chi connectivity index (χ0v) is 16.6. The van der Waals surface area contributed by atoms with Crippen LogP contribution >= 0.6 is 11.8 Å². The van der Waals surface area contributed by atoms with E-state index < -0.39 is 16.1 Å². The Labute approximate surface area is 158 Å². The van der Waals surface area contributed by atoms with E-state index in [1.165, 1.54) is 7.11 Å². The highest BCUT2D eigenvalue weighted by Gasteiger charge is 2.26. The fourth-order valence-corrected chi connectivity index (χ4v) is 4.86. The minimum atomic E-state index is -3.43. The zero-order chi connectivity index (χ0) is 19.2. The van der Waals surface area contributed by atoms with E-state index in [1.54, 1.807) is 23.9 Å². The predicted molar refractivity (Wildman–Crippen MR) is 99.9 cm³/mol. The lowest BCUT2D eigenvalue weighted by molar-refractivity contribution is -0.140. The minimum Gasteiger partial charge on any atom is -0.469 e. The van der Waals surface area contributed by atoms with Crippen LogP contribution in [0.5, 0.6) is 0 Å². The monoisotopic (exact) mass is 400 g/mol. The first-order chi connectivity index (χ1) is 12.3. The summed E-state index contributed by atoms with van der Waals surface area (Å²) in [6, 6.07) is 7.29. The summed E-state index contributed by atoms with van der Waals surface area (Å²) in [5.74, 6) is -0.486. The standard InChI is InChI=1S/C18H24O6S2/c1-23-18(20)11-10-17(19)13-6-8-15(9-7-13)25-16-5-3-4-14(12-16)24-26(2,21)22/h6-9,14,16H,3-5,10-12H2,1-2H3/t14-,16-/m0/s1. The summed E-state index contributed by atoms with van der Waals surface area (Å²) in [4.78, 5) is 24.2. The van der Waals surface area contributed by atoms with Crippen molar-refractivity contribution in [1.29, 1.82) is 0 Å². The maximum Gasteiger partial charge on any atom is 0.305 e. The molecule has 8 heteroatoms. The molecule has 1 fully saturated rings. The van der Waals surface area contributed by atoms with Crippen LogP contribution in [0.3, 0.4) is 0 Å². The van der Waals surface area contributed by atoms with Gasteiger partial charge in [-0.1, -0.05) is 12.1 Å². The van der Waals surface area contributed by atoms with Crippen LogP contribution in [0.25, 0.3) is 0 Å². The third kappa shape index (κ3) is 7.09. The van der Waals surface area contributed by atoms with Crippen LogP contribution < -0.4 is 0 Å². The molecule has 0 amide bonds. The van der Waals surface area contributed by atoms with E-state index in [-0.39, 0.29) is 30.0 Å². The van der Waals surface area contributed by atoms with Crippen LogP contribution in [0.4, 0.5) is 0 Å². The molecule has 1 aromatic rings. The first-order valence-corrected chi connectivity index (χ1v) is 11.2. The number of hydrogen-bond donors (Lipinski definition) is 0. The first-order valence-electron chi connectivity index (χ1n) is 8.52. The second-order valence-corrected chi connectivity index (χ2v) is 9.33. The van der Waals surface area contributed by atoms with Gasteiger partial charge in [-0.05, 0) is 37.8 Å². The van der Waals surface area contributed by atoms with E-state index in [4.69, 9.17) is 4.18 Å². The summed E-state index contributed by atoms with van der Waals surface area (Å²) in [7, 11) is -2.13. The summed E-state index contributed by atoms with van der Waals surface area (Å²) in [6.07, 6.45) is 4.43. The van der Waals surface area contributed by atoms with E-state index in [9.17, 15) is 18.0 Å². The van der Waals surface area contributed by atoms with Crippen molar-refractivity contribution >= 4 is 33.6 Å². The molecule has 0 radical (unpaired) electrons. The Morgan fingerprint density at radius 1 is 1.15 bits per heavy atom. The van der Waals surface area contributed by atoms with Crippen molar-refractivity contribution in [3.05, 3.63) is 29.8 Å². The Balaban J connectivity index is 1.88. The van der Waals surface area contributed by atoms with Crippen molar-refractivity contribution in [3.63, 3.8) is 0 Å². The number of carbonyl (C=O) groups is 2. The van der Waals surface area contributed by atoms with Gasteiger partial charge in [0.25, 0.3) is 10.1 Å². The van der Waals surface area contributed by atoms with Crippen molar-refractivity contribution in [3.8, 4) is 0 Å². The Bertz CT molecular complexity index is 727. The third-order valence-corrected chi connectivity index (χ3v) is 6.08. The molecule has 0 bridgehead atoms. The van der Waals surface area contributed by atoms with E-state index >= 15 is 0 Å². The molecule has 1 aromatic carbocycles. The van der Waals surface area contributed by atoms with Crippen molar-refractivity contribution in [2.24, 2.45) is 0 Å². The maximum absolute atomic E-state index is 12.1. The SMILES string of the molecule is COC(=O)CCC(=O)c1ccc(S[C@H]2CCC[C@H](OS(C)(=O)=O)C2)cc1. The normalized spacial score (nSPS) is 20.5. The van der Waals surface area contributed by atoms with E-state index in [2.05, 4.69) is 4.74 Å². The summed E-state index contributed by atoms with van der Waals surface area (Å²) in [5, 5.41) is 0.288. The van der Waals surface area contributed by atoms with Crippen molar-refractivity contribution < 1.29 is 26.9 Å². The molecule has 2 rings (SSSR count). The highest BCUT2D eigenvalue weighted by Crippen LogP contribution is 2.35. The lowest BCUT2D eigenvalue weighted by Crippen LogP contribution is -2.26. The smallest absolute Gasteiger partial charge is 0.305 e. The van der Waals surface area contributed by atoms with Gasteiger partial charge in [-0.15, -0.1) is 11.8 Å². The quantitative estimate of drug-likeness (QED) is 0.376. The van der Waals surface area contributed by atoms with Gasteiger partial charge in [-0.25, -0.2) is 0 Å². The molecular weight excluding hydrogens is 376 g/mol. The number of thioether (sulfide) groups is 1. The van der Waals surface area contributed by atoms with E-state index in [0.717, 1.165) is 30.4 Å². The molecule has 144 valence electrons. The number of esters is 1. The van der Waals surface area contributed by atoms with Crippen LogP contribution in [0.2, 0.25) is 0 Å². The molecule has 6 nitrogen and oxygen atoms in total. The second-order valence-electron chi connectivity index (χ2n) is 6.35. The molecule has 0 unspecified atom stereocenters. The van der Waals surface area contributed by atoms with Crippen molar-refractivity contribution in [2.45, 2.75) is 54.8 Å². The number of hydrogen-bond acceptors (Lipinski definition) is 7. The largest absolute Gasteiger partial charge is 0.469 e. The molecule has 0 aromatic heterocycles. The van der Waals surface area contributed by atoms with Crippen LogP contribution in [0.1, 0.15) is 48.9 Å². The number of rotatable bonds is 8. The molecule has 0 aliphatic heterocycles. The van der Waals surface area contributed by atoms with Gasteiger partial charge in [-0.3, -0.25) is 13.8 Å². The van der Waals surface area contributed by atoms with E-state index in [1.807, 2.05) is 12.1 Å².